The molecule has 0 bridgehead atoms. The lowest BCUT2D eigenvalue weighted by Gasteiger charge is -2.04. The molecule has 0 aromatic heterocycles. The first kappa shape index (κ1) is 12.6. The first-order chi connectivity index (χ1) is 5.05. The van der Waals surface area contributed by atoms with Crippen LogP contribution in [0, 0.1) is 0 Å². The van der Waals surface area contributed by atoms with E-state index in [0.717, 1.165) is 17.9 Å². The molecule has 0 amide bonds. The van der Waals surface area contributed by atoms with Gasteiger partial charge >= 0.3 is 5.97 Å². The molecule has 0 aliphatic carbocycles. The Labute approximate surface area is 91.6 Å². The second-order valence-corrected chi connectivity index (χ2v) is 11.2. The Morgan fingerprint density at radius 1 is 1.75 bits per heavy atom. The minimum Gasteiger partial charge on any atom is -1.00 e. The molecule has 0 aromatic carbocycles. The lowest BCUT2D eigenvalue weighted by atomic mass is 10.3. The van der Waals surface area contributed by atoms with Crippen LogP contribution in [-0.4, -0.2) is 32.1 Å². The number of hydrogen-bond acceptors (Lipinski definition) is 2. The number of ether oxygens (including phenoxy) is 1. The van der Waals surface area contributed by atoms with E-state index in [1.165, 1.54) is 7.11 Å². The standard InChI is InChI=1S/C7H11BrO2P.BrH/c1-10-7(9)6-3-4-11(2,8)5-6;/h3H,4-5H2,1-2H3;1H/q+1;/p-1. The number of halogens is 2. The van der Waals surface area contributed by atoms with E-state index >= 15 is 0 Å². The molecule has 5 heteroatoms. The average Bonchev–Trinajstić information content (AvgIpc) is 2.29. The van der Waals surface area contributed by atoms with Crippen molar-refractivity contribution in [1.29, 1.82) is 0 Å². The highest BCUT2D eigenvalue weighted by Crippen LogP contribution is 2.66. The van der Waals surface area contributed by atoms with Gasteiger partial charge in [-0.3, -0.25) is 0 Å². The number of methoxy groups -OCH3 is 1. The van der Waals surface area contributed by atoms with Crippen LogP contribution in [0.4, 0.5) is 0 Å². The third-order valence-electron chi connectivity index (χ3n) is 1.67. The molecule has 0 fully saturated rings. The summed E-state index contributed by atoms with van der Waals surface area (Å²) in [4.78, 5) is 11.0. The SMILES string of the molecule is COC(=O)C1=CC[P+](C)(Br)C1.[Br-]. The summed E-state index contributed by atoms with van der Waals surface area (Å²) in [6, 6.07) is 0. The topological polar surface area (TPSA) is 26.3 Å². The maximum atomic E-state index is 11.0. The second-order valence-electron chi connectivity index (χ2n) is 2.83. The zero-order chi connectivity index (χ0) is 8.48. The van der Waals surface area contributed by atoms with Crippen molar-refractivity contribution >= 4 is 27.4 Å². The Bertz CT molecular complexity index is 213. The summed E-state index contributed by atoms with van der Waals surface area (Å²) >= 11 is 3.63. The minimum absolute atomic E-state index is 0. The molecule has 1 aliphatic rings. The van der Waals surface area contributed by atoms with E-state index < -0.39 is 5.96 Å². The van der Waals surface area contributed by atoms with Crippen molar-refractivity contribution in [2.24, 2.45) is 0 Å². The van der Waals surface area contributed by atoms with Gasteiger partial charge in [0.15, 0.2) is 0 Å². The molecule has 1 unspecified atom stereocenters. The van der Waals surface area contributed by atoms with Gasteiger partial charge in [-0.2, -0.15) is 0 Å². The van der Waals surface area contributed by atoms with E-state index in [0.29, 0.717) is 0 Å². The molecular formula is C7H11Br2O2P. The molecule has 0 saturated carbocycles. The van der Waals surface area contributed by atoms with Crippen LogP contribution in [0.15, 0.2) is 11.6 Å². The van der Waals surface area contributed by atoms with E-state index in [1.54, 1.807) is 0 Å². The number of allylic oxidation sites excluding steroid dienone is 1. The third kappa shape index (κ3) is 3.15. The van der Waals surface area contributed by atoms with E-state index in [9.17, 15) is 4.79 Å². The van der Waals surface area contributed by atoms with Crippen molar-refractivity contribution in [2.45, 2.75) is 0 Å². The van der Waals surface area contributed by atoms with E-state index in [4.69, 9.17) is 0 Å². The number of rotatable bonds is 1. The molecular weight excluding hydrogens is 307 g/mol. The fraction of sp³-hybridized carbons (Fsp3) is 0.571. The summed E-state index contributed by atoms with van der Waals surface area (Å²) in [7, 11) is 1.42. The molecule has 70 valence electrons. The highest BCUT2D eigenvalue weighted by atomic mass is 79.9. The van der Waals surface area contributed by atoms with Crippen LogP contribution in [0.5, 0.6) is 0 Å². The van der Waals surface area contributed by atoms with Crippen molar-refractivity contribution in [3.8, 4) is 0 Å². The van der Waals surface area contributed by atoms with Crippen molar-refractivity contribution in [3.63, 3.8) is 0 Å². The van der Waals surface area contributed by atoms with E-state index in [-0.39, 0.29) is 23.0 Å². The largest absolute Gasteiger partial charge is 1.00 e. The number of carbonyl (C=O) groups excluding carboxylic acids is 1. The summed E-state index contributed by atoms with van der Waals surface area (Å²) < 4.78 is 4.62. The number of hydrogen-bond donors (Lipinski definition) is 0. The van der Waals surface area contributed by atoms with Gasteiger partial charge in [0.1, 0.15) is 21.7 Å². The van der Waals surface area contributed by atoms with Gasteiger partial charge in [-0.1, -0.05) is 0 Å². The van der Waals surface area contributed by atoms with Crippen LogP contribution >= 0.6 is 21.5 Å². The van der Waals surface area contributed by atoms with Gasteiger partial charge in [0.2, 0.25) is 0 Å². The van der Waals surface area contributed by atoms with Gasteiger partial charge in [0, 0.05) is 0 Å². The molecule has 0 spiro atoms. The molecule has 1 rings (SSSR count). The minimum atomic E-state index is -0.997. The van der Waals surface area contributed by atoms with Crippen molar-refractivity contribution in [2.75, 3.05) is 26.1 Å². The van der Waals surface area contributed by atoms with Crippen LogP contribution in [-0.2, 0) is 9.53 Å². The smallest absolute Gasteiger partial charge is 0.337 e. The highest BCUT2D eigenvalue weighted by Gasteiger charge is 2.37. The van der Waals surface area contributed by atoms with Crippen LogP contribution in [0.25, 0.3) is 0 Å². The highest BCUT2D eigenvalue weighted by molar-refractivity contribution is 9.42. The van der Waals surface area contributed by atoms with Crippen LogP contribution in [0.3, 0.4) is 0 Å². The van der Waals surface area contributed by atoms with Crippen molar-refractivity contribution in [1.82, 2.24) is 0 Å². The molecule has 1 atom stereocenters. The lowest BCUT2D eigenvalue weighted by Crippen LogP contribution is -3.00. The van der Waals surface area contributed by atoms with Crippen LogP contribution in [0.2, 0.25) is 0 Å². The van der Waals surface area contributed by atoms with Gasteiger partial charge in [0.05, 0.1) is 31.5 Å². The van der Waals surface area contributed by atoms with Gasteiger partial charge in [-0.05, 0) is 6.08 Å². The summed E-state index contributed by atoms with van der Waals surface area (Å²) in [5.41, 5.74) is 0.834. The molecule has 1 heterocycles. The van der Waals surface area contributed by atoms with E-state index in [2.05, 4.69) is 26.9 Å². The molecule has 0 N–H and O–H groups in total. The van der Waals surface area contributed by atoms with E-state index in [1.807, 2.05) is 6.08 Å². The van der Waals surface area contributed by atoms with Gasteiger partial charge in [-0.25, -0.2) is 4.79 Å². The average molecular weight is 318 g/mol. The first-order valence-corrected chi connectivity index (χ1v) is 7.99. The predicted molar refractivity (Wildman–Crippen MR) is 51.6 cm³/mol. The zero-order valence-electron chi connectivity index (χ0n) is 7.01. The van der Waals surface area contributed by atoms with Gasteiger partial charge in [0.25, 0.3) is 0 Å². The van der Waals surface area contributed by atoms with Crippen LogP contribution < -0.4 is 17.0 Å². The Morgan fingerprint density at radius 2 is 2.33 bits per heavy atom. The fourth-order valence-electron chi connectivity index (χ4n) is 1.06. The van der Waals surface area contributed by atoms with Crippen molar-refractivity contribution in [3.05, 3.63) is 11.6 Å². The quantitative estimate of drug-likeness (QED) is 0.461. The summed E-state index contributed by atoms with van der Waals surface area (Å²) in [6.45, 7) is 2.18. The normalized spacial score (nSPS) is 27.4. The summed E-state index contributed by atoms with van der Waals surface area (Å²) in [6.07, 6.45) is 3.87. The molecule has 1 aliphatic heterocycles. The Hall–Kier alpha value is 0.600. The molecule has 0 radical (unpaired) electrons. The number of carbonyl (C=O) groups is 1. The second kappa shape index (κ2) is 4.73. The molecule has 2 nitrogen and oxygen atoms in total. The number of esters is 1. The maximum Gasteiger partial charge on any atom is 0.337 e. The Kier molecular flexibility index (Phi) is 4.97. The predicted octanol–water partition coefficient (Wildman–Crippen LogP) is -0.939. The van der Waals surface area contributed by atoms with Crippen LogP contribution in [0.1, 0.15) is 0 Å². The molecule has 0 aromatic rings. The summed E-state index contributed by atoms with van der Waals surface area (Å²) in [5.74, 6) is -1.17. The van der Waals surface area contributed by atoms with Gasteiger partial charge in [-0.15, -0.1) is 0 Å². The Morgan fingerprint density at radius 3 is 2.67 bits per heavy atom. The third-order valence-corrected chi connectivity index (χ3v) is 5.23. The summed E-state index contributed by atoms with van der Waals surface area (Å²) in [5, 5.41) is 0. The monoisotopic (exact) mass is 316 g/mol. The van der Waals surface area contributed by atoms with Gasteiger partial charge < -0.3 is 21.7 Å². The van der Waals surface area contributed by atoms with Crippen molar-refractivity contribution < 1.29 is 26.5 Å². The molecule has 12 heavy (non-hydrogen) atoms. The zero-order valence-corrected chi connectivity index (χ0v) is 11.1. The first-order valence-electron chi connectivity index (χ1n) is 3.37. The molecule has 0 saturated heterocycles. The lowest BCUT2D eigenvalue weighted by molar-refractivity contribution is -0.135. The maximum absolute atomic E-state index is 11.0. The Balaban J connectivity index is 0.00000121. The fourth-order valence-corrected chi connectivity index (χ4v) is 4.01.